The smallest absolute Gasteiger partial charge is 0.146 e. The molecule has 0 radical (unpaired) electrons. The highest BCUT2D eigenvalue weighted by atomic mass is 127. The first kappa shape index (κ1) is 8.06. The lowest BCUT2D eigenvalue weighted by molar-refractivity contribution is 0.353. The molecule has 0 unspecified atom stereocenters. The topological polar surface area (TPSA) is 48.2 Å². The van der Waals surface area contributed by atoms with Crippen molar-refractivity contribution in [2.45, 2.75) is 6.92 Å². The van der Waals surface area contributed by atoms with Crippen LogP contribution in [0.25, 0.3) is 0 Å². The van der Waals surface area contributed by atoms with Crippen molar-refractivity contribution in [1.82, 2.24) is 4.90 Å². The first-order valence-electron chi connectivity index (χ1n) is 3.53. The maximum absolute atomic E-state index is 9.02. The van der Waals surface area contributed by atoms with Gasteiger partial charge in [0, 0.05) is 12.3 Å². The Balaban J connectivity index is 2.36. The Morgan fingerprint density at radius 2 is 2.50 bits per heavy atom. The van der Waals surface area contributed by atoms with E-state index in [9.17, 15) is 0 Å². The van der Waals surface area contributed by atoms with E-state index in [1.165, 1.54) is 0 Å². The minimum absolute atomic E-state index is 0.0982. The maximum atomic E-state index is 9.02. The molecule has 0 aliphatic carbocycles. The van der Waals surface area contributed by atoms with E-state index in [0.717, 1.165) is 15.3 Å². The van der Waals surface area contributed by atoms with Crippen LogP contribution in [0.15, 0.2) is 20.5 Å². The normalized spacial score (nSPS) is 20.8. The minimum Gasteiger partial charge on any atom is -0.390 e. The largest absolute Gasteiger partial charge is 0.390 e. The summed E-state index contributed by atoms with van der Waals surface area (Å²) >= 11 is -0.356. The molecule has 64 valence electrons. The highest BCUT2D eigenvalue weighted by Gasteiger charge is 2.23. The van der Waals surface area contributed by atoms with Crippen LogP contribution in [-0.4, -0.2) is 31.9 Å². The van der Waals surface area contributed by atoms with Crippen molar-refractivity contribution >= 4 is 36.3 Å². The molecule has 2 rings (SSSR count). The van der Waals surface area contributed by atoms with Crippen molar-refractivity contribution in [3.8, 4) is 0 Å². The van der Waals surface area contributed by atoms with Gasteiger partial charge in [-0.2, -0.15) is 0 Å². The Kier molecular flexibility index (Phi) is 2.05. The molecule has 0 amide bonds. The van der Waals surface area contributed by atoms with Crippen molar-refractivity contribution in [1.29, 1.82) is 0 Å². The minimum atomic E-state index is -0.356. The Labute approximate surface area is 80.4 Å². The lowest BCUT2D eigenvalue weighted by atomic mass is 10.3. The van der Waals surface area contributed by atoms with Crippen LogP contribution in [0.3, 0.4) is 0 Å². The van der Waals surface area contributed by atoms with Gasteiger partial charge in [-0.05, 0) is 6.92 Å². The maximum Gasteiger partial charge on any atom is 0.146 e. The Hall–Kier alpha value is -0.560. The second-order valence-electron chi connectivity index (χ2n) is 2.39. The van der Waals surface area contributed by atoms with Gasteiger partial charge in [0.25, 0.3) is 0 Å². The zero-order valence-corrected chi connectivity index (χ0v) is 8.69. The van der Waals surface area contributed by atoms with Gasteiger partial charge in [-0.1, -0.05) is 0 Å². The number of rotatable bonds is 1. The summed E-state index contributed by atoms with van der Waals surface area (Å²) in [6, 6.07) is 0. The summed E-state index contributed by atoms with van der Waals surface area (Å²) < 4.78 is 5.36. The molecule has 0 saturated carbocycles. The summed E-state index contributed by atoms with van der Waals surface area (Å²) in [4.78, 5) is 6.08. The molecule has 2 aliphatic heterocycles. The predicted octanol–water partition coefficient (Wildman–Crippen LogP) is 0.654. The van der Waals surface area contributed by atoms with Crippen LogP contribution in [-0.2, 0) is 0 Å². The van der Waals surface area contributed by atoms with E-state index in [2.05, 4.69) is 8.20 Å². The molecule has 1 N–H and O–H groups in total. The number of aliphatic hydroxyl groups excluding tert-OH is 1. The fourth-order valence-electron chi connectivity index (χ4n) is 1.10. The van der Waals surface area contributed by atoms with Crippen LogP contribution in [0.2, 0.25) is 0 Å². The third kappa shape index (κ3) is 1.13. The lowest BCUT2D eigenvalue weighted by Crippen LogP contribution is -2.39. The number of nitrogens with zero attached hydrogens (tertiary/aromatic N) is 3. The number of hydrogen-bond acceptors (Lipinski definition) is 4. The lowest BCUT2D eigenvalue weighted by Gasteiger charge is -2.21. The van der Waals surface area contributed by atoms with Crippen molar-refractivity contribution in [3.05, 3.63) is 12.3 Å². The molecule has 5 heteroatoms. The van der Waals surface area contributed by atoms with E-state index in [0.29, 0.717) is 0 Å². The average molecular weight is 277 g/mol. The number of halogens is 1. The molecule has 0 spiro atoms. The Bertz CT molecular complexity index is 330. The molecule has 4 nitrogen and oxygen atoms in total. The SMILES string of the molecule is CC1=NC=CC2=NI=C(CO)N12. The quantitative estimate of drug-likeness (QED) is 0.715. The number of fused-ring (bicyclic) bond motifs is 1. The van der Waals surface area contributed by atoms with Crippen LogP contribution in [0.4, 0.5) is 0 Å². The van der Waals surface area contributed by atoms with E-state index < -0.39 is 0 Å². The van der Waals surface area contributed by atoms with E-state index in [-0.39, 0.29) is 27.6 Å². The van der Waals surface area contributed by atoms with Crippen molar-refractivity contribution in [2.75, 3.05) is 6.61 Å². The molecular formula is C7H8IN3O. The number of hydrogen-bond donors (Lipinski definition) is 1. The van der Waals surface area contributed by atoms with Gasteiger partial charge in [0.1, 0.15) is 15.3 Å². The van der Waals surface area contributed by atoms with Crippen LogP contribution >= 0.6 is 21.0 Å². The van der Waals surface area contributed by atoms with Gasteiger partial charge in [-0.15, -0.1) is 0 Å². The van der Waals surface area contributed by atoms with Crippen LogP contribution in [0, 0.1) is 0 Å². The number of aliphatic imine (C=N–C) groups is 1. The van der Waals surface area contributed by atoms with Crippen molar-refractivity contribution in [2.24, 2.45) is 8.20 Å². The fraction of sp³-hybridized carbons (Fsp3) is 0.286. The molecule has 2 aliphatic rings. The third-order valence-corrected chi connectivity index (χ3v) is 3.75. The number of aliphatic hydroxyl groups is 1. The zero-order valence-electron chi connectivity index (χ0n) is 6.53. The summed E-state index contributed by atoms with van der Waals surface area (Å²) in [5.74, 6) is 1.83. The van der Waals surface area contributed by atoms with E-state index in [4.69, 9.17) is 5.11 Å². The summed E-state index contributed by atoms with van der Waals surface area (Å²) in [7, 11) is 0. The van der Waals surface area contributed by atoms with Gasteiger partial charge in [0.15, 0.2) is 0 Å². The summed E-state index contributed by atoms with van der Waals surface area (Å²) in [6.07, 6.45) is 3.62. The van der Waals surface area contributed by atoms with Gasteiger partial charge >= 0.3 is 0 Å². The first-order chi connectivity index (χ1) is 5.83. The molecule has 0 aromatic heterocycles. The molecule has 0 aromatic carbocycles. The van der Waals surface area contributed by atoms with Crippen molar-refractivity contribution in [3.63, 3.8) is 0 Å². The summed E-state index contributed by atoms with van der Waals surface area (Å²) in [6.45, 7) is 2.02. The summed E-state index contributed by atoms with van der Waals surface area (Å²) in [5, 5.41) is 9.02. The predicted molar refractivity (Wildman–Crippen MR) is 57.6 cm³/mol. The van der Waals surface area contributed by atoms with Crippen LogP contribution in [0.1, 0.15) is 6.92 Å². The van der Waals surface area contributed by atoms with Gasteiger partial charge in [-0.3, -0.25) is 4.90 Å². The van der Waals surface area contributed by atoms with Crippen molar-refractivity contribution < 1.29 is 5.11 Å². The highest BCUT2D eigenvalue weighted by Crippen LogP contribution is 2.20. The highest BCUT2D eigenvalue weighted by molar-refractivity contribution is 14.2. The first-order valence-corrected chi connectivity index (χ1v) is 5.57. The second-order valence-corrected chi connectivity index (χ2v) is 4.60. The number of amidine groups is 2. The molecular weight excluding hydrogens is 269 g/mol. The third-order valence-electron chi connectivity index (χ3n) is 1.64. The monoisotopic (exact) mass is 277 g/mol. The molecule has 0 aromatic rings. The standard InChI is InChI=1S/C7H8IN3O/c1-5-9-3-2-7-10-8-6(4-12)11(5)7/h2-3,12H,4H2,1H3. The fourth-order valence-corrected chi connectivity index (χ4v) is 2.97. The Morgan fingerprint density at radius 1 is 1.67 bits per heavy atom. The van der Waals surface area contributed by atoms with Gasteiger partial charge < -0.3 is 5.11 Å². The molecule has 0 saturated heterocycles. The molecule has 12 heavy (non-hydrogen) atoms. The second kappa shape index (κ2) is 3.06. The van der Waals surface area contributed by atoms with E-state index >= 15 is 0 Å². The van der Waals surface area contributed by atoms with Gasteiger partial charge in [-0.25, -0.2) is 8.20 Å². The van der Waals surface area contributed by atoms with E-state index in [1.54, 1.807) is 6.20 Å². The van der Waals surface area contributed by atoms with Gasteiger partial charge in [0.2, 0.25) is 0 Å². The average Bonchev–Trinajstić information content (AvgIpc) is 2.49. The molecule has 0 atom stereocenters. The zero-order chi connectivity index (χ0) is 8.55. The summed E-state index contributed by atoms with van der Waals surface area (Å²) in [5.41, 5.74) is 0. The van der Waals surface area contributed by atoms with E-state index in [1.807, 2.05) is 17.9 Å². The van der Waals surface area contributed by atoms with Crippen LogP contribution in [0.5, 0.6) is 0 Å². The Morgan fingerprint density at radius 3 is 3.25 bits per heavy atom. The molecule has 0 fully saturated rings. The molecule has 2 heterocycles. The molecule has 0 bridgehead atoms. The van der Waals surface area contributed by atoms with Gasteiger partial charge in [0.05, 0.1) is 27.6 Å². The van der Waals surface area contributed by atoms with Crippen LogP contribution < -0.4 is 0 Å².